The van der Waals surface area contributed by atoms with Crippen molar-refractivity contribution in [2.75, 3.05) is 5.73 Å². The van der Waals surface area contributed by atoms with Crippen molar-refractivity contribution in [3.63, 3.8) is 0 Å². The summed E-state index contributed by atoms with van der Waals surface area (Å²) in [7, 11) is -3.94. The number of anilines is 1. The van der Waals surface area contributed by atoms with E-state index in [4.69, 9.17) is 11.5 Å². The van der Waals surface area contributed by atoms with Gasteiger partial charge in [0.25, 0.3) is 0 Å². The number of amides is 1. The van der Waals surface area contributed by atoms with Gasteiger partial charge in [-0.3, -0.25) is 9.48 Å². The lowest BCUT2D eigenvalue weighted by molar-refractivity contribution is -0.122. The Morgan fingerprint density at radius 2 is 2.11 bits per heavy atom. The van der Waals surface area contributed by atoms with Gasteiger partial charge in [-0.15, -0.1) is 0 Å². The lowest BCUT2D eigenvalue weighted by Gasteiger charge is -2.21. The first-order chi connectivity index (χ1) is 8.10. The molecular weight excluding hydrogens is 258 g/mol. The van der Waals surface area contributed by atoms with Gasteiger partial charge in [0.1, 0.15) is 10.4 Å². The van der Waals surface area contributed by atoms with E-state index in [1.165, 1.54) is 24.7 Å². The zero-order chi connectivity index (χ0) is 14.1. The Balaban J connectivity index is 3.14. The number of nitrogens with one attached hydrogen (secondary N) is 1. The minimum absolute atomic E-state index is 0.121. The van der Waals surface area contributed by atoms with Gasteiger partial charge in [-0.25, -0.2) is 8.42 Å². The molecule has 1 amide bonds. The van der Waals surface area contributed by atoms with Crippen LogP contribution >= 0.6 is 0 Å². The van der Waals surface area contributed by atoms with Crippen molar-refractivity contribution in [2.24, 2.45) is 5.73 Å². The molecule has 0 saturated carbocycles. The third-order valence-electron chi connectivity index (χ3n) is 2.37. The Morgan fingerprint density at radius 3 is 2.50 bits per heavy atom. The standard InChI is InChI=1S/C9H17N5O3S/c1-4-14-5-6(7(10)12-14)18(16,17)13-9(2,3)8(11)15/h5,13H,4H2,1-3H3,(H2,10,12)(H2,11,15). The van der Waals surface area contributed by atoms with Crippen molar-refractivity contribution in [1.82, 2.24) is 14.5 Å². The minimum Gasteiger partial charge on any atom is -0.381 e. The van der Waals surface area contributed by atoms with E-state index in [0.29, 0.717) is 6.54 Å². The van der Waals surface area contributed by atoms with Gasteiger partial charge in [0.05, 0.1) is 0 Å². The quantitative estimate of drug-likeness (QED) is 0.635. The topological polar surface area (TPSA) is 133 Å². The third kappa shape index (κ3) is 2.79. The highest BCUT2D eigenvalue weighted by atomic mass is 32.2. The fraction of sp³-hybridized carbons (Fsp3) is 0.556. The summed E-state index contributed by atoms with van der Waals surface area (Å²) in [5.41, 5.74) is 9.23. The van der Waals surface area contributed by atoms with Crippen LogP contribution < -0.4 is 16.2 Å². The van der Waals surface area contributed by atoms with E-state index < -0.39 is 21.5 Å². The predicted molar refractivity (Wildman–Crippen MR) is 65.9 cm³/mol. The van der Waals surface area contributed by atoms with Crippen LogP contribution in [0.5, 0.6) is 0 Å². The SMILES string of the molecule is CCn1cc(S(=O)(=O)NC(C)(C)C(N)=O)c(N)n1. The van der Waals surface area contributed by atoms with Crippen LogP contribution in [-0.4, -0.2) is 29.6 Å². The number of nitrogens with two attached hydrogens (primary N) is 2. The molecule has 0 saturated heterocycles. The maximum atomic E-state index is 12.1. The first-order valence-corrected chi connectivity index (χ1v) is 6.75. The maximum absolute atomic E-state index is 12.1. The molecule has 0 spiro atoms. The van der Waals surface area contributed by atoms with Crippen LogP contribution in [0.3, 0.4) is 0 Å². The summed E-state index contributed by atoms with van der Waals surface area (Å²) in [4.78, 5) is 11.0. The van der Waals surface area contributed by atoms with Crippen LogP contribution in [0.4, 0.5) is 5.82 Å². The number of rotatable bonds is 5. The van der Waals surface area contributed by atoms with Gasteiger partial charge in [-0.2, -0.15) is 9.82 Å². The number of carbonyl (C=O) groups is 1. The van der Waals surface area contributed by atoms with Gasteiger partial charge in [0, 0.05) is 12.7 Å². The molecule has 1 rings (SSSR count). The van der Waals surface area contributed by atoms with E-state index in [0.717, 1.165) is 0 Å². The number of hydrogen-bond donors (Lipinski definition) is 3. The van der Waals surface area contributed by atoms with Crippen LogP contribution in [0, 0.1) is 0 Å². The van der Waals surface area contributed by atoms with E-state index in [1.54, 1.807) is 6.92 Å². The molecule has 0 aliphatic carbocycles. The molecule has 5 N–H and O–H groups in total. The van der Waals surface area contributed by atoms with Gasteiger partial charge in [-0.1, -0.05) is 0 Å². The lowest BCUT2D eigenvalue weighted by atomic mass is 10.1. The maximum Gasteiger partial charge on any atom is 0.246 e. The van der Waals surface area contributed by atoms with Crippen molar-refractivity contribution < 1.29 is 13.2 Å². The molecule has 1 aromatic heterocycles. The first-order valence-electron chi connectivity index (χ1n) is 5.27. The lowest BCUT2D eigenvalue weighted by Crippen LogP contribution is -2.52. The average molecular weight is 275 g/mol. The molecule has 0 bridgehead atoms. The van der Waals surface area contributed by atoms with Crippen LogP contribution in [-0.2, 0) is 21.4 Å². The Hall–Kier alpha value is -1.61. The van der Waals surface area contributed by atoms with E-state index in [9.17, 15) is 13.2 Å². The molecule has 0 atom stereocenters. The molecule has 102 valence electrons. The van der Waals surface area contributed by atoms with Crippen molar-refractivity contribution in [3.8, 4) is 0 Å². The van der Waals surface area contributed by atoms with E-state index in [-0.39, 0.29) is 10.7 Å². The fourth-order valence-electron chi connectivity index (χ4n) is 1.23. The summed E-state index contributed by atoms with van der Waals surface area (Å²) < 4.78 is 27.7. The van der Waals surface area contributed by atoms with Crippen LogP contribution in [0.2, 0.25) is 0 Å². The highest BCUT2D eigenvalue weighted by Crippen LogP contribution is 2.18. The molecule has 0 aliphatic heterocycles. The number of sulfonamides is 1. The van der Waals surface area contributed by atoms with E-state index >= 15 is 0 Å². The second-order valence-electron chi connectivity index (χ2n) is 4.33. The molecule has 1 heterocycles. The van der Waals surface area contributed by atoms with Crippen LogP contribution in [0.15, 0.2) is 11.1 Å². The highest BCUT2D eigenvalue weighted by molar-refractivity contribution is 7.89. The van der Waals surface area contributed by atoms with Gasteiger partial charge >= 0.3 is 0 Å². The number of nitrogen functional groups attached to an aromatic ring is 1. The summed E-state index contributed by atoms with van der Waals surface area (Å²) in [5.74, 6) is -0.905. The molecular formula is C9H17N5O3S. The smallest absolute Gasteiger partial charge is 0.246 e. The minimum atomic E-state index is -3.94. The summed E-state index contributed by atoms with van der Waals surface area (Å²) in [5, 5.41) is 3.83. The molecule has 9 heteroatoms. The van der Waals surface area contributed by atoms with Crippen molar-refractivity contribution >= 4 is 21.7 Å². The molecule has 0 fully saturated rings. The van der Waals surface area contributed by atoms with E-state index in [2.05, 4.69) is 9.82 Å². The number of nitrogens with zero attached hydrogens (tertiary/aromatic N) is 2. The van der Waals surface area contributed by atoms with Gasteiger partial charge in [0.15, 0.2) is 5.82 Å². The summed E-state index contributed by atoms with van der Waals surface area (Å²) in [6.45, 7) is 5.02. The molecule has 8 nitrogen and oxygen atoms in total. The second-order valence-corrected chi connectivity index (χ2v) is 5.98. The number of carbonyl (C=O) groups excluding carboxylic acids is 1. The highest BCUT2D eigenvalue weighted by Gasteiger charge is 2.33. The molecule has 0 unspecified atom stereocenters. The number of hydrogen-bond acceptors (Lipinski definition) is 5. The first kappa shape index (κ1) is 14.5. The van der Waals surface area contributed by atoms with Crippen molar-refractivity contribution in [2.45, 2.75) is 37.8 Å². The normalized spacial score (nSPS) is 12.6. The largest absolute Gasteiger partial charge is 0.381 e. The monoisotopic (exact) mass is 275 g/mol. The van der Waals surface area contributed by atoms with Crippen molar-refractivity contribution in [3.05, 3.63) is 6.20 Å². The summed E-state index contributed by atoms with van der Waals surface area (Å²) >= 11 is 0. The summed E-state index contributed by atoms with van der Waals surface area (Å²) in [6, 6.07) is 0. The van der Waals surface area contributed by atoms with Crippen LogP contribution in [0.1, 0.15) is 20.8 Å². The molecule has 0 radical (unpaired) electrons. The van der Waals surface area contributed by atoms with Crippen molar-refractivity contribution in [1.29, 1.82) is 0 Å². The fourth-order valence-corrected chi connectivity index (χ4v) is 2.69. The molecule has 0 aromatic carbocycles. The van der Waals surface area contributed by atoms with Crippen LogP contribution in [0.25, 0.3) is 0 Å². The van der Waals surface area contributed by atoms with Gasteiger partial charge in [-0.05, 0) is 20.8 Å². The second kappa shape index (κ2) is 4.58. The number of aryl methyl sites for hydroxylation is 1. The molecule has 18 heavy (non-hydrogen) atoms. The Bertz CT molecular complexity index is 561. The summed E-state index contributed by atoms with van der Waals surface area (Å²) in [6.07, 6.45) is 1.30. The van der Waals surface area contributed by atoms with E-state index in [1.807, 2.05) is 0 Å². The Morgan fingerprint density at radius 1 is 1.56 bits per heavy atom. The average Bonchev–Trinajstić information content (AvgIpc) is 2.58. The zero-order valence-corrected chi connectivity index (χ0v) is 11.3. The molecule has 0 aliphatic rings. The Labute approximate surface area is 105 Å². The number of primary amides is 1. The number of aromatic nitrogens is 2. The third-order valence-corrected chi connectivity index (χ3v) is 4.05. The Kier molecular flexibility index (Phi) is 3.67. The predicted octanol–water partition coefficient (Wildman–Crippen LogP) is -0.973. The van der Waals surface area contributed by atoms with Gasteiger partial charge < -0.3 is 11.5 Å². The van der Waals surface area contributed by atoms with Gasteiger partial charge in [0.2, 0.25) is 15.9 Å². The molecule has 1 aromatic rings. The zero-order valence-electron chi connectivity index (χ0n) is 10.5.